The van der Waals surface area contributed by atoms with Gasteiger partial charge in [0, 0.05) is 17.4 Å². The Bertz CT molecular complexity index is 838. The number of nitro groups is 1. The monoisotopic (exact) mass is 329 g/mol. The van der Waals surface area contributed by atoms with Crippen LogP contribution >= 0.6 is 0 Å². The number of halogens is 2. The minimum atomic E-state index is -4.32. The van der Waals surface area contributed by atoms with Gasteiger partial charge in [-0.2, -0.15) is 4.39 Å². The Morgan fingerprint density at radius 3 is 2.27 bits per heavy atom. The van der Waals surface area contributed by atoms with E-state index in [0.717, 1.165) is 0 Å². The maximum Gasteiger partial charge on any atom is 0.309 e. The second kappa shape index (κ2) is 5.56. The van der Waals surface area contributed by atoms with Crippen LogP contribution in [0.4, 0.5) is 25.8 Å². The van der Waals surface area contributed by atoms with Gasteiger partial charge in [-0.1, -0.05) is 0 Å². The summed E-state index contributed by atoms with van der Waals surface area (Å²) in [4.78, 5) is 8.64. The van der Waals surface area contributed by atoms with E-state index in [1.165, 1.54) is 24.3 Å². The maximum absolute atomic E-state index is 13.3. The largest absolute Gasteiger partial charge is 0.399 e. The summed E-state index contributed by atoms with van der Waals surface area (Å²) in [6.07, 6.45) is 0. The fraction of sp³-hybridized carbons (Fsp3) is 0. The standard InChI is InChI=1S/C12H9F2N3O4S/c13-10-5-9(6-11(12(10)14)17(18)19)22(20,21)16-8-3-1-7(15)2-4-8/h1-6,16H,15H2. The zero-order chi connectivity index (χ0) is 16.5. The Balaban J connectivity index is 2.45. The predicted octanol–water partition coefficient (Wildman–Crippen LogP) is 2.26. The number of hydrogen-bond acceptors (Lipinski definition) is 5. The first kappa shape index (κ1) is 15.6. The molecule has 0 saturated heterocycles. The Hall–Kier alpha value is -2.75. The third kappa shape index (κ3) is 3.11. The van der Waals surface area contributed by atoms with Crippen molar-refractivity contribution >= 4 is 27.1 Å². The van der Waals surface area contributed by atoms with E-state index >= 15 is 0 Å². The summed E-state index contributed by atoms with van der Waals surface area (Å²) < 4.78 is 52.8. The molecule has 0 aliphatic carbocycles. The molecule has 0 bridgehead atoms. The van der Waals surface area contributed by atoms with Gasteiger partial charge < -0.3 is 5.73 Å². The van der Waals surface area contributed by atoms with E-state index in [-0.39, 0.29) is 5.69 Å². The van der Waals surface area contributed by atoms with Crippen LogP contribution in [0, 0.1) is 21.7 Å². The molecule has 0 heterocycles. The van der Waals surface area contributed by atoms with Gasteiger partial charge in [0.25, 0.3) is 10.0 Å². The molecule has 0 saturated carbocycles. The molecule has 0 spiro atoms. The lowest BCUT2D eigenvalue weighted by atomic mass is 10.3. The van der Waals surface area contributed by atoms with Gasteiger partial charge in [0.15, 0.2) is 5.82 Å². The maximum atomic E-state index is 13.3. The zero-order valence-electron chi connectivity index (χ0n) is 10.8. The van der Waals surface area contributed by atoms with E-state index in [9.17, 15) is 27.3 Å². The molecule has 116 valence electrons. The minimum Gasteiger partial charge on any atom is -0.399 e. The lowest BCUT2D eigenvalue weighted by molar-refractivity contribution is -0.388. The highest BCUT2D eigenvalue weighted by molar-refractivity contribution is 7.92. The van der Waals surface area contributed by atoms with Gasteiger partial charge in [-0.15, -0.1) is 0 Å². The summed E-state index contributed by atoms with van der Waals surface area (Å²) in [5.74, 6) is -3.36. The van der Waals surface area contributed by atoms with Crippen molar-refractivity contribution in [2.24, 2.45) is 0 Å². The van der Waals surface area contributed by atoms with Crippen LogP contribution in [0.1, 0.15) is 0 Å². The van der Waals surface area contributed by atoms with Crippen LogP contribution in [0.25, 0.3) is 0 Å². The van der Waals surface area contributed by atoms with Crippen LogP contribution in [-0.4, -0.2) is 13.3 Å². The van der Waals surface area contributed by atoms with Crippen molar-refractivity contribution in [2.45, 2.75) is 4.90 Å². The number of nitrogens with two attached hydrogens (primary N) is 1. The Kier molecular flexibility index (Phi) is 3.95. The fourth-order valence-corrected chi connectivity index (χ4v) is 2.69. The Labute approximate surface area is 123 Å². The highest BCUT2D eigenvalue weighted by atomic mass is 32.2. The predicted molar refractivity (Wildman–Crippen MR) is 74.7 cm³/mol. The molecule has 0 fully saturated rings. The first-order valence-electron chi connectivity index (χ1n) is 5.72. The molecule has 2 rings (SSSR count). The first-order valence-corrected chi connectivity index (χ1v) is 7.21. The summed E-state index contributed by atoms with van der Waals surface area (Å²) in [5, 5.41) is 10.6. The van der Waals surface area contributed by atoms with Gasteiger partial charge in [-0.25, -0.2) is 12.8 Å². The molecule has 0 radical (unpaired) electrons. The average Bonchev–Trinajstić information content (AvgIpc) is 2.43. The van der Waals surface area contributed by atoms with Crippen LogP contribution < -0.4 is 10.5 Å². The van der Waals surface area contributed by atoms with Gasteiger partial charge in [-0.05, 0) is 30.3 Å². The molecule has 2 aromatic carbocycles. The molecule has 0 amide bonds. The Morgan fingerprint density at radius 1 is 1.14 bits per heavy atom. The van der Waals surface area contributed by atoms with Crippen LogP contribution in [0.15, 0.2) is 41.3 Å². The Morgan fingerprint density at radius 2 is 1.73 bits per heavy atom. The third-order valence-corrected chi connectivity index (χ3v) is 4.01. The lowest BCUT2D eigenvalue weighted by Gasteiger charge is -2.08. The SMILES string of the molecule is Nc1ccc(NS(=O)(=O)c2cc(F)c(F)c([N+](=O)[O-])c2)cc1. The van der Waals surface area contributed by atoms with Crippen LogP contribution in [0.5, 0.6) is 0 Å². The summed E-state index contributed by atoms with van der Waals surface area (Å²) in [6, 6.07) is 6.35. The van der Waals surface area contributed by atoms with Crippen LogP contribution in [0.3, 0.4) is 0 Å². The molecule has 0 aliphatic heterocycles. The number of benzene rings is 2. The van der Waals surface area contributed by atoms with Crippen LogP contribution in [-0.2, 0) is 10.0 Å². The number of nitrogens with one attached hydrogen (secondary N) is 1. The van der Waals surface area contributed by atoms with Crippen molar-refractivity contribution in [2.75, 3.05) is 10.5 Å². The molecule has 0 unspecified atom stereocenters. The second-order valence-electron chi connectivity index (χ2n) is 4.22. The highest BCUT2D eigenvalue weighted by Crippen LogP contribution is 2.26. The van der Waals surface area contributed by atoms with E-state index in [0.29, 0.717) is 17.8 Å². The number of hydrogen-bond donors (Lipinski definition) is 2. The smallest absolute Gasteiger partial charge is 0.309 e. The number of nitrogen functional groups attached to an aromatic ring is 1. The second-order valence-corrected chi connectivity index (χ2v) is 5.91. The van der Waals surface area contributed by atoms with Crippen molar-refractivity contribution in [1.29, 1.82) is 0 Å². The van der Waals surface area contributed by atoms with Crippen LogP contribution in [0.2, 0.25) is 0 Å². The van der Waals surface area contributed by atoms with E-state index in [4.69, 9.17) is 5.73 Å². The van der Waals surface area contributed by atoms with Crippen molar-refractivity contribution in [3.63, 3.8) is 0 Å². The first-order chi connectivity index (χ1) is 10.2. The van der Waals surface area contributed by atoms with Crippen molar-refractivity contribution in [3.05, 3.63) is 58.1 Å². The van der Waals surface area contributed by atoms with Gasteiger partial charge in [0.1, 0.15) is 0 Å². The zero-order valence-corrected chi connectivity index (χ0v) is 11.6. The normalized spacial score (nSPS) is 11.2. The van der Waals surface area contributed by atoms with Gasteiger partial charge in [0.05, 0.1) is 9.82 Å². The van der Waals surface area contributed by atoms with Gasteiger partial charge in [-0.3, -0.25) is 14.8 Å². The average molecular weight is 329 g/mol. The third-order valence-electron chi connectivity index (χ3n) is 2.65. The fourth-order valence-electron chi connectivity index (χ4n) is 1.60. The molecule has 0 atom stereocenters. The molecule has 0 aromatic heterocycles. The highest BCUT2D eigenvalue weighted by Gasteiger charge is 2.25. The molecular formula is C12H9F2N3O4S. The van der Waals surface area contributed by atoms with E-state index < -0.39 is 37.2 Å². The lowest BCUT2D eigenvalue weighted by Crippen LogP contribution is -2.14. The number of rotatable bonds is 4. The molecule has 7 nitrogen and oxygen atoms in total. The topological polar surface area (TPSA) is 115 Å². The van der Waals surface area contributed by atoms with Crippen molar-refractivity contribution < 1.29 is 22.1 Å². The molecule has 2 aromatic rings. The van der Waals surface area contributed by atoms with Crippen molar-refractivity contribution in [1.82, 2.24) is 0 Å². The summed E-state index contributed by atoms with van der Waals surface area (Å²) in [7, 11) is -4.32. The molecule has 22 heavy (non-hydrogen) atoms. The van der Waals surface area contributed by atoms with E-state index in [1.54, 1.807) is 0 Å². The molecule has 0 aliphatic rings. The van der Waals surface area contributed by atoms with Gasteiger partial charge in [0.2, 0.25) is 5.82 Å². The summed E-state index contributed by atoms with van der Waals surface area (Å²) in [5.41, 5.74) is 4.69. The summed E-state index contributed by atoms with van der Waals surface area (Å²) >= 11 is 0. The quantitative estimate of drug-likeness (QED) is 0.507. The summed E-state index contributed by atoms with van der Waals surface area (Å²) in [6.45, 7) is 0. The molecule has 3 N–H and O–H groups in total. The molecule has 10 heteroatoms. The van der Waals surface area contributed by atoms with Gasteiger partial charge >= 0.3 is 5.69 Å². The molecular weight excluding hydrogens is 320 g/mol. The minimum absolute atomic E-state index is 0.113. The van der Waals surface area contributed by atoms with E-state index in [1.807, 2.05) is 0 Å². The number of nitro benzene ring substituents is 1. The van der Waals surface area contributed by atoms with Crippen molar-refractivity contribution in [3.8, 4) is 0 Å². The number of anilines is 2. The number of nitrogens with zero attached hydrogens (tertiary/aromatic N) is 1. The van der Waals surface area contributed by atoms with E-state index in [2.05, 4.69) is 4.72 Å². The number of sulfonamides is 1.